The Kier molecular flexibility index (Phi) is 4.40. The fourth-order valence-electron chi connectivity index (χ4n) is 2.53. The minimum Gasteiger partial charge on any atom is -0.381 e. The van der Waals surface area contributed by atoms with Gasteiger partial charge in [0, 0.05) is 32.4 Å². The molecule has 7 heteroatoms. The molecule has 0 N–H and O–H groups in total. The van der Waals surface area contributed by atoms with Gasteiger partial charge < -0.3 is 9.64 Å². The van der Waals surface area contributed by atoms with E-state index in [0.29, 0.717) is 24.1 Å². The monoisotopic (exact) mass is 320 g/mol. The lowest BCUT2D eigenvalue weighted by Gasteiger charge is -2.25. The van der Waals surface area contributed by atoms with Gasteiger partial charge in [-0.25, -0.2) is 4.68 Å². The molecule has 6 nitrogen and oxygen atoms in total. The predicted molar refractivity (Wildman–Crippen MR) is 83.3 cm³/mol. The van der Waals surface area contributed by atoms with E-state index in [1.54, 1.807) is 35.2 Å². The molecule has 0 radical (unpaired) electrons. The topological polar surface area (TPSA) is 60.2 Å². The van der Waals surface area contributed by atoms with Crippen molar-refractivity contribution >= 4 is 23.2 Å². The van der Waals surface area contributed by atoms with Crippen molar-refractivity contribution in [1.82, 2.24) is 14.8 Å². The Labute approximate surface area is 133 Å². The summed E-state index contributed by atoms with van der Waals surface area (Å²) in [5.41, 5.74) is 1.39. The minimum absolute atomic E-state index is 0.0171. The van der Waals surface area contributed by atoms with E-state index in [4.69, 9.17) is 16.3 Å². The number of nitrogens with zero attached hydrogens (tertiary/aromatic N) is 4. The zero-order chi connectivity index (χ0) is 15.5. The summed E-state index contributed by atoms with van der Waals surface area (Å²) in [5.74, 6) is 0.0347. The molecule has 2 aromatic heterocycles. The van der Waals surface area contributed by atoms with Crippen molar-refractivity contribution in [3.05, 3.63) is 35.9 Å². The first-order valence-corrected chi connectivity index (χ1v) is 7.55. The highest BCUT2D eigenvalue weighted by molar-refractivity contribution is 6.32. The van der Waals surface area contributed by atoms with Crippen molar-refractivity contribution in [2.75, 3.05) is 25.2 Å². The van der Waals surface area contributed by atoms with Crippen molar-refractivity contribution in [3.63, 3.8) is 0 Å². The molecule has 3 heterocycles. The van der Waals surface area contributed by atoms with Crippen molar-refractivity contribution in [3.8, 4) is 5.69 Å². The summed E-state index contributed by atoms with van der Waals surface area (Å²) in [7, 11) is 1.73. The van der Waals surface area contributed by atoms with Gasteiger partial charge in [-0.2, -0.15) is 5.10 Å². The van der Waals surface area contributed by atoms with Gasteiger partial charge >= 0.3 is 0 Å². The lowest BCUT2D eigenvalue weighted by Crippen LogP contribution is -2.35. The normalized spacial score (nSPS) is 15.7. The van der Waals surface area contributed by atoms with Crippen LogP contribution in [0.4, 0.5) is 5.69 Å². The number of halogens is 1. The molecule has 22 heavy (non-hydrogen) atoms. The predicted octanol–water partition coefficient (Wildman–Crippen LogP) is 2.31. The molecule has 0 aromatic carbocycles. The number of ether oxygens (including phenoxy) is 1. The summed E-state index contributed by atoms with van der Waals surface area (Å²) in [6.45, 7) is 1.26. The van der Waals surface area contributed by atoms with Gasteiger partial charge in [0.1, 0.15) is 5.69 Å². The van der Waals surface area contributed by atoms with Gasteiger partial charge in [-0.3, -0.25) is 9.78 Å². The second-order valence-corrected chi connectivity index (χ2v) is 5.60. The molecule has 3 rings (SSSR count). The van der Waals surface area contributed by atoms with E-state index >= 15 is 0 Å². The van der Waals surface area contributed by atoms with Crippen molar-refractivity contribution < 1.29 is 9.53 Å². The summed E-state index contributed by atoms with van der Waals surface area (Å²) in [4.78, 5) is 18.2. The van der Waals surface area contributed by atoms with Crippen LogP contribution in [0.2, 0.25) is 5.15 Å². The smallest absolute Gasteiger partial charge is 0.230 e. The first-order valence-electron chi connectivity index (χ1n) is 7.17. The van der Waals surface area contributed by atoms with Crippen LogP contribution in [0.1, 0.15) is 12.8 Å². The van der Waals surface area contributed by atoms with Crippen LogP contribution in [0.3, 0.4) is 0 Å². The fraction of sp³-hybridized carbons (Fsp3) is 0.400. The Balaban J connectivity index is 1.82. The standard InChI is InChI=1S/C15H17ClN4O2/c1-19(15(21)11-4-7-22-8-5-11)13-10-20(18-14(13)16)12-3-2-6-17-9-12/h2-3,6,9-11H,4-5,7-8H2,1H3. The molecular formula is C15H17ClN4O2. The van der Waals surface area contributed by atoms with E-state index in [2.05, 4.69) is 10.1 Å². The second kappa shape index (κ2) is 6.46. The maximum atomic E-state index is 12.6. The van der Waals surface area contributed by atoms with Gasteiger partial charge in [-0.05, 0) is 25.0 Å². The fourth-order valence-corrected chi connectivity index (χ4v) is 2.78. The van der Waals surface area contributed by atoms with Gasteiger partial charge in [0.2, 0.25) is 5.91 Å². The minimum atomic E-state index is -0.0171. The van der Waals surface area contributed by atoms with Crippen LogP contribution >= 0.6 is 11.6 Å². The third kappa shape index (κ3) is 2.98. The molecule has 0 aliphatic carbocycles. The molecule has 0 spiro atoms. The van der Waals surface area contributed by atoms with Gasteiger partial charge in [-0.15, -0.1) is 0 Å². The number of carbonyl (C=O) groups is 1. The molecule has 116 valence electrons. The highest BCUT2D eigenvalue weighted by atomic mass is 35.5. The maximum absolute atomic E-state index is 12.6. The number of hydrogen-bond acceptors (Lipinski definition) is 4. The average molecular weight is 321 g/mol. The van der Waals surface area contributed by atoms with Crippen LogP contribution in [0.25, 0.3) is 5.69 Å². The van der Waals surface area contributed by atoms with Crippen LogP contribution < -0.4 is 4.90 Å². The van der Waals surface area contributed by atoms with E-state index in [0.717, 1.165) is 18.5 Å². The van der Waals surface area contributed by atoms with Crippen LogP contribution in [-0.4, -0.2) is 40.9 Å². The Morgan fingerprint density at radius 3 is 2.91 bits per heavy atom. The zero-order valence-corrected chi connectivity index (χ0v) is 13.0. The van der Waals surface area contributed by atoms with E-state index in [-0.39, 0.29) is 11.8 Å². The molecule has 1 amide bonds. The Bertz CT molecular complexity index is 653. The molecular weight excluding hydrogens is 304 g/mol. The summed E-state index contributed by atoms with van der Waals surface area (Å²) < 4.78 is 6.92. The summed E-state index contributed by atoms with van der Waals surface area (Å²) >= 11 is 6.20. The Morgan fingerprint density at radius 2 is 2.23 bits per heavy atom. The highest BCUT2D eigenvalue weighted by Gasteiger charge is 2.27. The Hall–Kier alpha value is -1.92. The molecule has 0 bridgehead atoms. The van der Waals surface area contributed by atoms with Crippen molar-refractivity contribution in [1.29, 1.82) is 0 Å². The van der Waals surface area contributed by atoms with Crippen LogP contribution in [0.15, 0.2) is 30.7 Å². The molecule has 1 aliphatic rings. The number of aromatic nitrogens is 3. The maximum Gasteiger partial charge on any atom is 0.230 e. The molecule has 0 unspecified atom stereocenters. The van der Waals surface area contributed by atoms with Crippen LogP contribution in [0, 0.1) is 5.92 Å². The van der Waals surface area contributed by atoms with Gasteiger partial charge in [0.15, 0.2) is 5.15 Å². The summed E-state index contributed by atoms with van der Waals surface area (Å²) in [5, 5.41) is 4.55. The molecule has 2 aromatic rings. The van der Waals surface area contributed by atoms with Crippen LogP contribution in [0.5, 0.6) is 0 Å². The highest BCUT2D eigenvalue weighted by Crippen LogP contribution is 2.27. The number of hydrogen-bond donors (Lipinski definition) is 0. The number of pyridine rings is 1. The second-order valence-electron chi connectivity index (χ2n) is 5.24. The number of rotatable bonds is 3. The molecule has 0 saturated carbocycles. The first kappa shape index (κ1) is 15.0. The lowest BCUT2D eigenvalue weighted by molar-refractivity contribution is -0.124. The largest absolute Gasteiger partial charge is 0.381 e. The summed E-state index contributed by atoms with van der Waals surface area (Å²) in [6, 6.07) is 3.70. The number of carbonyl (C=O) groups excluding carboxylic acids is 1. The van der Waals surface area contributed by atoms with E-state index in [1.807, 2.05) is 12.1 Å². The molecule has 0 atom stereocenters. The van der Waals surface area contributed by atoms with E-state index in [1.165, 1.54) is 0 Å². The summed E-state index contributed by atoms with van der Waals surface area (Å²) in [6.07, 6.45) is 6.62. The third-order valence-corrected chi connectivity index (χ3v) is 4.09. The van der Waals surface area contributed by atoms with Gasteiger partial charge in [0.25, 0.3) is 0 Å². The SMILES string of the molecule is CN(C(=O)C1CCOCC1)c1cn(-c2cccnc2)nc1Cl. The Morgan fingerprint density at radius 1 is 1.45 bits per heavy atom. The molecule has 1 saturated heterocycles. The van der Waals surface area contributed by atoms with E-state index in [9.17, 15) is 4.79 Å². The van der Waals surface area contributed by atoms with Gasteiger partial charge in [0.05, 0.1) is 18.1 Å². The number of amides is 1. The molecule has 1 fully saturated rings. The quantitative estimate of drug-likeness (QED) is 0.870. The zero-order valence-electron chi connectivity index (χ0n) is 12.3. The first-order chi connectivity index (χ1) is 10.7. The average Bonchev–Trinajstić information content (AvgIpc) is 2.97. The van der Waals surface area contributed by atoms with Crippen LogP contribution in [-0.2, 0) is 9.53 Å². The third-order valence-electron chi connectivity index (χ3n) is 3.82. The van der Waals surface area contributed by atoms with Gasteiger partial charge in [-0.1, -0.05) is 11.6 Å². The van der Waals surface area contributed by atoms with Crippen molar-refractivity contribution in [2.45, 2.75) is 12.8 Å². The lowest BCUT2D eigenvalue weighted by atomic mass is 9.99. The van der Waals surface area contributed by atoms with Crippen molar-refractivity contribution in [2.24, 2.45) is 5.92 Å². The van der Waals surface area contributed by atoms with E-state index < -0.39 is 0 Å². The molecule has 1 aliphatic heterocycles. The number of anilines is 1.